The number of fused-ring (bicyclic) bond motifs is 1. The summed E-state index contributed by atoms with van der Waals surface area (Å²) in [6.07, 6.45) is 7.00. The number of pyridine rings is 1. The average Bonchev–Trinajstić information content (AvgIpc) is 2.74. The lowest BCUT2D eigenvalue weighted by molar-refractivity contribution is 0.0926. The van der Waals surface area contributed by atoms with Crippen molar-refractivity contribution in [2.45, 2.75) is 37.8 Å². The van der Waals surface area contributed by atoms with Crippen molar-refractivity contribution in [2.24, 2.45) is 0 Å². The molecule has 1 aromatic carbocycles. The number of para-hydroxylation sites is 1. The molecule has 0 aliphatic heterocycles. The summed E-state index contributed by atoms with van der Waals surface area (Å²) in [5.41, 5.74) is 1.51. The molecule has 0 unspecified atom stereocenters. The van der Waals surface area contributed by atoms with E-state index in [-0.39, 0.29) is 11.9 Å². The van der Waals surface area contributed by atoms with Crippen molar-refractivity contribution in [1.29, 1.82) is 0 Å². The van der Waals surface area contributed by atoms with Gasteiger partial charge in [0.1, 0.15) is 5.82 Å². The van der Waals surface area contributed by atoms with Crippen LogP contribution in [0.3, 0.4) is 0 Å². The van der Waals surface area contributed by atoms with Gasteiger partial charge in [0.2, 0.25) is 5.95 Å². The highest BCUT2D eigenvalue weighted by molar-refractivity contribution is 9.10. The highest BCUT2D eigenvalue weighted by Gasteiger charge is 2.24. The SMILES string of the molecule is CN(C)c1nc(N[C@H]2CC[C@@H](NC(=O)c3cncc(Br)c3)CC2)nc2ccccc12. The van der Waals surface area contributed by atoms with Crippen LogP contribution < -0.4 is 15.5 Å². The molecule has 7 nitrogen and oxygen atoms in total. The minimum atomic E-state index is -0.0753. The number of carbonyl (C=O) groups excluding carboxylic acids is 1. The van der Waals surface area contributed by atoms with E-state index in [2.05, 4.69) is 31.5 Å². The second-order valence-electron chi connectivity index (χ2n) is 7.84. The zero-order valence-corrected chi connectivity index (χ0v) is 18.7. The van der Waals surface area contributed by atoms with E-state index in [1.165, 1.54) is 0 Å². The van der Waals surface area contributed by atoms with Gasteiger partial charge >= 0.3 is 0 Å². The molecular formula is C22H25BrN6O. The summed E-state index contributed by atoms with van der Waals surface area (Å²) in [6, 6.07) is 10.3. The molecular weight excluding hydrogens is 444 g/mol. The number of rotatable bonds is 5. The first-order chi connectivity index (χ1) is 14.5. The van der Waals surface area contributed by atoms with Crippen LogP contribution in [0, 0.1) is 0 Å². The van der Waals surface area contributed by atoms with Gasteiger partial charge in [-0.05, 0) is 59.8 Å². The maximum Gasteiger partial charge on any atom is 0.253 e. The fraction of sp³-hybridized carbons (Fsp3) is 0.364. The molecule has 1 saturated carbocycles. The fourth-order valence-corrected chi connectivity index (χ4v) is 4.20. The van der Waals surface area contributed by atoms with Crippen molar-refractivity contribution >= 4 is 44.5 Å². The van der Waals surface area contributed by atoms with Gasteiger partial charge in [-0.25, -0.2) is 4.98 Å². The number of benzene rings is 1. The van der Waals surface area contributed by atoms with Crippen LogP contribution in [0.5, 0.6) is 0 Å². The van der Waals surface area contributed by atoms with E-state index in [4.69, 9.17) is 9.97 Å². The lowest BCUT2D eigenvalue weighted by Gasteiger charge is -2.30. The minimum absolute atomic E-state index is 0.0753. The van der Waals surface area contributed by atoms with Gasteiger partial charge in [-0.1, -0.05) is 12.1 Å². The monoisotopic (exact) mass is 468 g/mol. The van der Waals surface area contributed by atoms with Gasteiger partial charge < -0.3 is 15.5 Å². The summed E-state index contributed by atoms with van der Waals surface area (Å²) in [7, 11) is 3.99. The van der Waals surface area contributed by atoms with Crippen LogP contribution in [0.15, 0.2) is 47.2 Å². The van der Waals surface area contributed by atoms with Crippen molar-refractivity contribution in [3.63, 3.8) is 0 Å². The van der Waals surface area contributed by atoms with Crippen molar-refractivity contribution in [3.05, 3.63) is 52.8 Å². The van der Waals surface area contributed by atoms with E-state index in [9.17, 15) is 4.79 Å². The van der Waals surface area contributed by atoms with Gasteiger partial charge in [-0.3, -0.25) is 9.78 Å². The normalized spacial score (nSPS) is 18.8. The summed E-state index contributed by atoms with van der Waals surface area (Å²) >= 11 is 3.36. The first-order valence-electron chi connectivity index (χ1n) is 10.1. The average molecular weight is 469 g/mol. The Kier molecular flexibility index (Phi) is 6.13. The van der Waals surface area contributed by atoms with Crippen molar-refractivity contribution in [1.82, 2.24) is 20.3 Å². The largest absolute Gasteiger partial charge is 0.362 e. The second kappa shape index (κ2) is 8.95. The molecule has 30 heavy (non-hydrogen) atoms. The summed E-state index contributed by atoms with van der Waals surface area (Å²) in [6.45, 7) is 0. The third-order valence-corrected chi connectivity index (χ3v) is 5.80. The van der Waals surface area contributed by atoms with Crippen LogP contribution >= 0.6 is 15.9 Å². The molecule has 156 valence electrons. The molecule has 1 aliphatic carbocycles. The molecule has 0 saturated heterocycles. The number of nitrogens with zero attached hydrogens (tertiary/aromatic N) is 4. The molecule has 4 rings (SSSR count). The Morgan fingerprint density at radius 3 is 2.53 bits per heavy atom. The lowest BCUT2D eigenvalue weighted by atomic mass is 9.91. The van der Waals surface area contributed by atoms with E-state index >= 15 is 0 Å². The number of halogens is 1. The van der Waals surface area contributed by atoms with Gasteiger partial charge in [-0.2, -0.15) is 4.98 Å². The van der Waals surface area contributed by atoms with Crippen LogP contribution in [-0.2, 0) is 0 Å². The molecule has 0 atom stereocenters. The molecule has 2 N–H and O–H groups in total. The third kappa shape index (κ3) is 4.70. The maximum absolute atomic E-state index is 12.5. The number of nitrogens with one attached hydrogen (secondary N) is 2. The van der Waals surface area contributed by atoms with E-state index in [1.54, 1.807) is 18.5 Å². The van der Waals surface area contributed by atoms with E-state index in [1.807, 2.05) is 43.3 Å². The molecule has 0 bridgehead atoms. The fourth-order valence-electron chi connectivity index (χ4n) is 3.83. The Balaban J connectivity index is 1.37. The number of hydrogen-bond donors (Lipinski definition) is 2. The van der Waals surface area contributed by atoms with E-state index < -0.39 is 0 Å². The van der Waals surface area contributed by atoms with Gasteiger partial charge in [0.15, 0.2) is 0 Å². The van der Waals surface area contributed by atoms with Crippen LogP contribution in [0.25, 0.3) is 10.9 Å². The number of amides is 1. The topological polar surface area (TPSA) is 83.0 Å². The minimum Gasteiger partial charge on any atom is -0.362 e. The lowest BCUT2D eigenvalue weighted by Crippen LogP contribution is -2.40. The molecule has 0 radical (unpaired) electrons. The number of anilines is 2. The highest BCUT2D eigenvalue weighted by atomic mass is 79.9. The number of aromatic nitrogens is 3. The molecule has 0 spiro atoms. The van der Waals surface area contributed by atoms with Crippen LogP contribution in [0.2, 0.25) is 0 Å². The first kappa shape index (κ1) is 20.5. The smallest absolute Gasteiger partial charge is 0.253 e. The zero-order chi connectivity index (χ0) is 21.1. The summed E-state index contributed by atoms with van der Waals surface area (Å²) in [4.78, 5) is 28.0. The Morgan fingerprint density at radius 1 is 1.07 bits per heavy atom. The molecule has 1 aliphatic rings. The predicted octanol–water partition coefficient (Wildman–Crippen LogP) is 4.01. The van der Waals surface area contributed by atoms with Crippen LogP contribution in [-0.4, -0.2) is 47.0 Å². The highest BCUT2D eigenvalue weighted by Crippen LogP contribution is 2.26. The van der Waals surface area contributed by atoms with Crippen molar-refractivity contribution in [3.8, 4) is 0 Å². The van der Waals surface area contributed by atoms with Gasteiger partial charge in [0.05, 0.1) is 11.1 Å². The standard InChI is InChI=1S/C22H25BrN6O/c1-29(2)20-18-5-3-4-6-19(18)27-22(28-20)26-17-9-7-16(8-10-17)25-21(30)14-11-15(23)13-24-12-14/h3-6,11-13,16-17H,7-10H2,1-2H3,(H,25,30)(H,26,27,28)/t16-,17+. The molecule has 1 fully saturated rings. The van der Waals surface area contributed by atoms with Crippen LogP contribution in [0.1, 0.15) is 36.0 Å². The second-order valence-corrected chi connectivity index (χ2v) is 8.76. The van der Waals surface area contributed by atoms with Gasteiger partial charge in [0.25, 0.3) is 5.91 Å². The van der Waals surface area contributed by atoms with Gasteiger partial charge in [-0.15, -0.1) is 0 Å². The maximum atomic E-state index is 12.5. The van der Waals surface area contributed by atoms with E-state index in [0.29, 0.717) is 17.6 Å². The molecule has 3 aromatic rings. The Bertz CT molecular complexity index is 1050. The molecule has 2 heterocycles. The number of carbonyl (C=O) groups is 1. The zero-order valence-electron chi connectivity index (χ0n) is 17.1. The predicted molar refractivity (Wildman–Crippen MR) is 123 cm³/mol. The third-order valence-electron chi connectivity index (χ3n) is 5.37. The van der Waals surface area contributed by atoms with Crippen LogP contribution in [0.4, 0.5) is 11.8 Å². The van der Waals surface area contributed by atoms with Gasteiger partial charge in [0, 0.05) is 48.4 Å². The van der Waals surface area contributed by atoms with E-state index in [0.717, 1.165) is 46.9 Å². The molecule has 2 aromatic heterocycles. The van der Waals surface area contributed by atoms with Crippen molar-refractivity contribution in [2.75, 3.05) is 24.3 Å². The molecule has 1 amide bonds. The number of hydrogen-bond acceptors (Lipinski definition) is 6. The Morgan fingerprint density at radius 2 is 1.80 bits per heavy atom. The quantitative estimate of drug-likeness (QED) is 0.588. The summed E-state index contributed by atoms with van der Waals surface area (Å²) in [5, 5.41) is 7.68. The van der Waals surface area contributed by atoms with Crippen molar-refractivity contribution < 1.29 is 4.79 Å². The Labute approximate surface area is 184 Å². The summed E-state index contributed by atoms with van der Waals surface area (Å²) in [5.74, 6) is 1.49. The first-order valence-corrected chi connectivity index (χ1v) is 10.9. The Hall–Kier alpha value is -2.74. The molecule has 8 heteroatoms. The summed E-state index contributed by atoms with van der Waals surface area (Å²) < 4.78 is 0.801.